The molecule has 0 saturated heterocycles. The average Bonchev–Trinajstić information content (AvgIpc) is 3.00. The molecule has 1 aliphatic rings. The number of benzene rings is 1. The van der Waals surface area contributed by atoms with Crippen LogP contribution in [-0.4, -0.2) is 4.75 Å². The fraction of sp³-hybridized carbons (Fsp3) is 0.600. The van der Waals surface area contributed by atoms with Crippen molar-refractivity contribution in [2.75, 3.05) is 0 Å². The lowest BCUT2D eigenvalue weighted by atomic mass is 10.0. The van der Waals surface area contributed by atoms with Gasteiger partial charge in [0.25, 0.3) is 0 Å². The van der Waals surface area contributed by atoms with Crippen LogP contribution >= 0.6 is 24.2 Å². The van der Waals surface area contributed by atoms with Gasteiger partial charge in [-0.2, -0.15) is 0 Å². The van der Waals surface area contributed by atoms with Gasteiger partial charge in [-0.05, 0) is 24.0 Å². The maximum Gasteiger partial charge on any atom is 0.0308 e. The lowest BCUT2D eigenvalue weighted by molar-refractivity contribution is 0.589. The largest absolute Gasteiger partial charge is 0.324 e. The molecule has 2 N–H and O–H groups in total. The van der Waals surface area contributed by atoms with Gasteiger partial charge in [-0.15, -0.1) is 24.2 Å². The fourth-order valence-electron chi connectivity index (χ4n) is 2.05. The molecule has 3 heteroatoms. The van der Waals surface area contributed by atoms with Gasteiger partial charge in [0.2, 0.25) is 0 Å². The second-order valence-electron chi connectivity index (χ2n) is 6.04. The second kappa shape index (κ2) is 6.31. The highest BCUT2D eigenvalue weighted by molar-refractivity contribution is 8.00. The highest BCUT2D eigenvalue weighted by Gasteiger charge is 2.26. The third-order valence-electron chi connectivity index (χ3n) is 3.02. The second-order valence-corrected chi connectivity index (χ2v) is 7.91. The molecule has 1 atom stereocenters. The van der Waals surface area contributed by atoms with Crippen LogP contribution in [0.3, 0.4) is 0 Å². The first-order valence-corrected chi connectivity index (χ1v) is 7.31. The van der Waals surface area contributed by atoms with Crippen LogP contribution in [0.25, 0.3) is 0 Å². The molecule has 1 aliphatic carbocycles. The van der Waals surface area contributed by atoms with Crippen molar-refractivity contribution in [3.8, 4) is 0 Å². The van der Waals surface area contributed by atoms with Gasteiger partial charge in [-0.3, -0.25) is 0 Å². The van der Waals surface area contributed by atoms with E-state index in [4.69, 9.17) is 5.73 Å². The smallest absolute Gasteiger partial charge is 0.0308 e. The SMILES string of the molecule is CC(C)(C)Sc1ccccc1[C@H](N)CC1CC1.Cl. The summed E-state index contributed by atoms with van der Waals surface area (Å²) in [6, 6.07) is 8.84. The van der Waals surface area contributed by atoms with Crippen LogP contribution in [0.15, 0.2) is 29.2 Å². The molecule has 0 aliphatic heterocycles. The Morgan fingerprint density at radius 2 is 1.89 bits per heavy atom. The quantitative estimate of drug-likeness (QED) is 0.804. The number of rotatable bonds is 4. The monoisotopic (exact) mass is 285 g/mol. The molecule has 102 valence electrons. The van der Waals surface area contributed by atoms with E-state index in [1.165, 1.54) is 23.3 Å². The van der Waals surface area contributed by atoms with Crippen LogP contribution in [-0.2, 0) is 0 Å². The Hall–Kier alpha value is -0.180. The molecule has 0 bridgehead atoms. The van der Waals surface area contributed by atoms with Crippen LogP contribution in [0.4, 0.5) is 0 Å². The first-order chi connectivity index (χ1) is 7.96. The topological polar surface area (TPSA) is 26.0 Å². The standard InChI is InChI=1S/C15H23NS.ClH/c1-15(2,3)17-14-7-5-4-6-12(14)13(16)10-11-8-9-11;/h4-7,11,13H,8-10,16H2,1-3H3;1H/t13-;/m1./s1. The molecule has 0 heterocycles. The van der Waals surface area contributed by atoms with Crippen molar-refractivity contribution < 1.29 is 0 Å². The van der Waals surface area contributed by atoms with Crippen LogP contribution in [0.2, 0.25) is 0 Å². The summed E-state index contributed by atoms with van der Waals surface area (Å²) >= 11 is 1.92. The Morgan fingerprint density at radius 3 is 2.44 bits per heavy atom. The Balaban J connectivity index is 0.00000162. The zero-order valence-corrected chi connectivity index (χ0v) is 13.1. The van der Waals surface area contributed by atoms with Crippen molar-refractivity contribution in [3.05, 3.63) is 29.8 Å². The number of hydrogen-bond acceptors (Lipinski definition) is 2. The first-order valence-electron chi connectivity index (χ1n) is 6.49. The summed E-state index contributed by atoms with van der Waals surface area (Å²) in [5.41, 5.74) is 7.67. The summed E-state index contributed by atoms with van der Waals surface area (Å²) in [4.78, 5) is 1.35. The van der Waals surface area contributed by atoms with Gasteiger partial charge < -0.3 is 5.73 Å². The van der Waals surface area contributed by atoms with Gasteiger partial charge >= 0.3 is 0 Å². The molecule has 1 fully saturated rings. The molecule has 0 amide bonds. The summed E-state index contributed by atoms with van der Waals surface area (Å²) in [6.07, 6.45) is 3.91. The van der Waals surface area contributed by atoms with Crippen LogP contribution in [0.1, 0.15) is 51.6 Å². The molecular formula is C15H24ClNS. The Kier molecular flexibility index (Phi) is 5.57. The van der Waals surface area contributed by atoms with Gasteiger partial charge in [0, 0.05) is 15.7 Å². The first kappa shape index (κ1) is 15.9. The fourth-order valence-corrected chi connectivity index (χ4v) is 3.19. The highest BCUT2D eigenvalue weighted by atomic mass is 35.5. The van der Waals surface area contributed by atoms with Crippen molar-refractivity contribution in [1.82, 2.24) is 0 Å². The third kappa shape index (κ3) is 4.83. The van der Waals surface area contributed by atoms with E-state index in [1.807, 2.05) is 11.8 Å². The van der Waals surface area contributed by atoms with E-state index in [0.29, 0.717) is 0 Å². The maximum absolute atomic E-state index is 6.34. The van der Waals surface area contributed by atoms with Crippen molar-refractivity contribution in [2.45, 2.75) is 55.7 Å². The van der Waals surface area contributed by atoms with Crippen molar-refractivity contribution in [3.63, 3.8) is 0 Å². The minimum atomic E-state index is 0. The molecule has 1 saturated carbocycles. The highest BCUT2D eigenvalue weighted by Crippen LogP contribution is 2.40. The lowest BCUT2D eigenvalue weighted by Crippen LogP contribution is -2.14. The molecule has 18 heavy (non-hydrogen) atoms. The predicted molar refractivity (Wildman–Crippen MR) is 83.6 cm³/mol. The summed E-state index contributed by atoms with van der Waals surface area (Å²) in [6.45, 7) is 6.75. The van der Waals surface area contributed by atoms with E-state index >= 15 is 0 Å². The van der Waals surface area contributed by atoms with Gasteiger partial charge in [0.05, 0.1) is 0 Å². The van der Waals surface area contributed by atoms with Gasteiger partial charge in [-0.1, -0.05) is 51.8 Å². The Labute approximate surface area is 121 Å². The normalized spacial score (nSPS) is 17.1. The van der Waals surface area contributed by atoms with Crippen molar-refractivity contribution in [1.29, 1.82) is 0 Å². The van der Waals surface area contributed by atoms with Crippen LogP contribution in [0.5, 0.6) is 0 Å². The third-order valence-corrected chi connectivity index (χ3v) is 4.22. The van der Waals surface area contributed by atoms with E-state index in [0.717, 1.165) is 12.3 Å². The molecule has 0 spiro atoms. The molecule has 1 aromatic rings. The lowest BCUT2D eigenvalue weighted by Gasteiger charge is -2.22. The molecule has 1 nitrogen and oxygen atoms in total. The van der Waals surface area contributed by atoms with E-state index in [1.54, 1.807) is 0 Å². The minimum absolute atomic E-state index is 0. The predicted octanol–water partition coefficient (Wildman–Crippen LogP) is 4.80. The van der Waals surface area contributed by atoms with Crippen LogP contribution < -0.4 is 5.73 Å². The van der Waals surface area contributed by atoms with Gasteiger partial charge in [-0.25, -0.2) is 0 Å². The number of thioether (sulfide) groups is 1. The molecular weight excluding hydrogens is 262 g/mol. The van der Waals surface area contributed by atoms with Gasteiger partial charge in [0.1, 0.15) is 0 Å². The molecule has 2 rings (SSSR count). The zero-order valence-electron chi connectivity index (χ0n) is 11.5. The Morgan fingerprint density at radius 1 is 1.28 bits per heavy atom. The number of hydrogen-bond donors (Lipinski definition) is 1. The van der Waals surface area contributed by atoms with Gasteiger partial charge in [0.15, 0.2) is 0 Å². The van der Waals surface area contributed by atoms with E-state index in [2.05, 4.69) is 45.0 Å². The number of halogens is 1. The Bertz CT molecular complexity index is 382. The van der Waals surface area contributed by atoms with E-state index < -0.39 is 0 Å². The molecule has 0 aromatic heterocycles. The number of nitrogens with two attached hydrogens (primary N) is 1. The zero-order chi connectivity index (χ0) is 12.5. The maximum atomic E-state index is 6.34. The summed E-state index contributed by atoms with van der Waals surface area (Å²) < 4.78 is 0.245. The summed E-state index contributed by atoms with van der Waals surface area (Å²) in [7, 11) is 0. The average molecular weight is 286 g/mol. The molecule has 0 radical (unpaired) electrons. The van der Waals surface area contributed by atoms with Crippen molar-refractivity contribution >= 4 is 24.2 Å². The minimum Gasteiger partial charge on any atom is -0.324 e. The van der Waals surface area contributed by atoms with E-state index in [9.17, 15) is 0 Å². The van der Waals surface area contributed by atoms with E-state index in [-0.39, 0.29) is 23.2 Å². The molecule has 0 unspecified atom stereocenters. The summed E-state index contributed by atoms with van der Waals surface area (Å²) in [5.74, 6) is 0.887. The van der Waals surface area contributed by atoms with Crippen LogP contribution in [0, 0.1) is 5.92 Å². The summed E-state index contributed by atoms with van der Waals surface area (Å²) in [5, 5.41) is 0. The molecule has 1 aromatic carbocycles. The van der Waals surface area contributed by atoms with Crippen molar-refractivity contribution in [2.24, 2.45) is 11.7 Å².